The van der Waals surface area contributed by atoms with Crippen LogP contribution < -0.4 is 11.6 Å². The minimum Gasteiger partial charge on any atom is -0.480 e. The van der Waals surface area contributed by atoms with Crippen molar-refractivity contribution in [2.75, 3.05) is 18.0 Å². The molecule has 0 aromatic carbocycles. The number of imidazole rings is 1. The fourth-order valence-electron chi connectivity index (χ4n) is 3.05. The number of carbonyl (C=O) groups is 1. The number of anilines is 1. The van der Waals surface area contributed by atoms with E-state index in [2.05, 4.69) is 27.6 Å². The molecule has 0 radical (unpaired) electrons. The topological polar surface area (TPSA) is 186 Å². The first-order valence-electron chi connectivity index (χ1n) is 8.14. The van der Waals surface area contributed by atoms with Crippen molar-refractivity contribution >= 4 is 35.6 Å². The quantitative estimate of drug-likeness (QED) is 0.171. The van der Waals surface area contributed by atoms with Crippen LogP contribution in [0.25, 0.3) is 11.2 Å². The highest BCUT2D eigenvalue weighted by molar-refractivity contribution is 7.80. The SMILES string of the molecule is Nc1ncnc2c1ncn2[C@@H]1O[C@H](CN(N)[C@@H](CCS)C(=O)O)[C@@H](O)[C@H]1O. The van der Waals surface area contributed by atoms with Gasteiger partial charge in [-0.1, -0.05) is 0 Å². The molecule has 27 heavy (non-hydrogen) atoms. The van der Waals surface area contributed by atoms with Crippen LogP contribution in [0.5, 0.6) is 0 Å². The summed E-state index contributed by atoms with van der Waals surface area (Å²) in [6.07, 6.45) is -1.67. The van der Waals surface area contributed by atoms with Gasteiger partial charge in [-0.25, -0.2) is 20.0 Å². The molecule has 2 aromatic heterocycles. The average Bonchev–Trinajstić information content (AvgIpc) is 3.17. The number of aromatic nitrogens is 4. The number of aliphatic hydroxyl groups is 2. The van der Waals surface area contributed by atoms with Crippen molar-refractivity contribution in [3.05, 3.63) is 12.7 Å². The summed E-state index contributed by atoms with van der Waals surface area (Å²) in [5.74, 6) is 5.25. The third-order valence-corrected chi connectivity index (χ3v) is 4.74. The average molecular weight is 399 g/mol. The zero-order valence-electron chi connectivity index (χ0n) is 14.2. The Morgan fingerprint density at radius 2 is 2.11 bits per heavy atom. The van der Waals surface area contributed by atoms with Crippen molar-refractivity contribution in [3.63, 3.8) is 0 Å². The molecule has 0 aliphatic carbocycles. The van der Waals surface area contributed by atoms with E-state index in [9.17, 15) is 20.1 Å². The van der Waals surface area contributed by atoms with Crippen molar-refractivity contribution in [1.29, 1.82) is 0 Å². The second-order valence-electron chi connectivity index (χ2n) is 6.19. The number of carboxylic acid groups (broad SMARTS) is 1. The fraction of sp³-hybridized carbons (Fsp3) is 0.571. The van der Waals surface area contributed by atoms with E-state index in [1.165, 1.54) is 17.2 Å². The number of aliphatic carboxylic acids is 1. The highest BCUT2D eigenvalue weighted by atomic mass is 32.1. The van der Waals surface area contributed by atoms with Crippen LogP contribution >= 0.6 is 12.6 Å². The van der Waals surface area contributed by atoms with E-state index in [0.717, 1.165) is 5.01 Å². The summed E-state index contributed by atoms with van der Waals surface area (Å²) < 4.78 is 7.18. The molecule has 7 N–H and O–H groups in total. The Bertz CT molecular complexity index is 820. The minimum absolute atomic E-state index is 0.108. The van der Waals surface area contributed by atoms with Crippen LogP contribution in [0.15, 0.2) is 12.7 Å². The molecule has 1 fully saturated rings. The molecule has 148 valence electrons. The third kappa shape index (κ3) is 3.69. The monoisotopic (exact) mass is 399 g/mol. The molecule has 3 rings (SSSR count). The lowest BCUT2D eigenvalue weighted by atomic mass is 10.1. The molecule has 5 atom stereocenters. The molecular weight excluding hydrogens is 378 g/mol. The summed E-state index contributed by atoms with van der Waals surface area (Å²) >= 11 is 4.03. The maximum absolute atomic E-state index is 11.3. The fourth-order valence-corrected chi connectivity index (χ4v) is 3.30. The number of hydrogen-bond acceptors (Lipinski definition) is 11. The highest BCUT2D eigenvalue weighted by Crippen LogP contribution is 2.32. The Balaban J connectivity index is 1.79. The van der Waals surface area contributed by atoms with Gasteiger partial charge in [0.25, 0.3) is 0 Å². The Morgan fingerprint density at radius 1 is 1.37 bits per heavy atom. The van der Waals surface area contributed by atoms with Gasteiger partial charge in [-0.15, -0.1) is 0 Å². The molecule has 12 nitrogen and oxygen atoms in total. The summed E-state index contributed by atoms with van der Waals surface area (Å²) in [5.41, 5.74) is 6.42. The summed E-state index contributed by atoms with van der Waals surface area (Å²) in [7, 11) is 0. The lowest BCUT2D eigenvalue weighted by molar-refractivity contribution is -0.144. The molecule has 0 bridgehead atoms. The lowest BCUT2D eigenvalue weighted by Gasteiger charge is -2.27. The van der Waals surface area contributed by atoms with Crippen molar-refractivity contribution in [2.45, 2.75) is 37.0 Å². The molecule has 0 saturated carbocycles. The van der Waals surface area contributed by atoms with Gasteiger partial charge in [0.05, 0.1) is 6.33 Å². The van der Waals surface area contributed by atoms with Crippen molar-refractivity contribution in [3.8, 4) is 0 Å². The van der Waals surface area contributed by atoms with Gasteiger partial charge in [0.15, 0.2) is 17.7 Å². The maximum Gasteiger partial charge on any atom is 0.322 e. The van der Waals surface area contributed by atoms with Crippen LogP contribution in [-0.4, -0.2) is 82.5 Å². The zero-order valence-corrected chi connectivity index (χ0v) is 15.1. The van der Waals surface area contributed by atoms with Gasteiger partial charge in [0.1, 0.15) is 36.2 Å². The predicted octanol–water partition coefficient (Wildman–Crippen LogP) is -2.02. The van der Waals surface area contributed by atoms with Crippen molar-refractivity contribution in [1.82, 2.24) is 24.5 Å². The van der Waals surface area contributed by atoms with Gasteiger partial charge in [-0.3, -0.25) is 15.2 Å². The summed E-state index contributed by atoms with van der Waals surface area (Å²) in [4.78, 5) is 23.4. The van der Waals surface area contributed by atoms with Crippen LogP contribution in [0.3, 0.4) is 0 Å². The molecule has 0 amide bonds. The van der Waals surface area contributed by atoms with Gasteiger partial charge in [-0.05, 0) is 12.2 Å². The first kappa shape index (κ1) is 19.7. The number of aliphatic hydroxyl groups excluding tert-OH is 2. The molecule has 2 aromatic rings. The Hall–Kier alpha value is -2.03. The van der Waals surface area contributed by atoms with Crippen LogP contribution in [0.4, 0.5) is 5.82 Å². The number of ether oxygens (including phenoxy) is 1. The van der Waals surface area contributed by atoms with E-state index in [0.29, 0.717) is 16.9 Å². The Kier molecular flexibility index (Phi) is 5.78. The first-order valence-corrected chi connectivity index (χ1v) is 8.78. The summed E-state index contributed by atoms with van der Waals surface area (Å²) in [5, 5.41) is 31.1. The van der Waals surface area contributed by atoms with Crippen LogP contribution in [0.1, 0.15) is 12.6 Å². The highest BCUT2D eigenvalue weighted by Gasteiger charge is 2.45. The standard InChI is InChI=1S/C14H21N7O5S/c15-11-8-12(18-4-17-11)20(5-19-8)13-10(23)9(22)7(26-13)3-21(16)6(1-2-27)14(24)25/h4-7,9-10,13,22-23,27H,1-3,16H2,(H,24,25)(H2,15,17,18)/t6-,7+,9+,10+,13+/m0/s1. The van der Waals surface area contributed by atoms with E-state index < -0.39 is 36.6 Å². The zero-order chi connectivity index (χ0) is 19.7. The van der Waals surface area contributed by atoms with Crippen LogP contribution in [-0.2, 0) is 9.53 Å². The molecule has 0 unspecified atom stereocenters. The molecule has 1 saturated heterocycles. The first-order chi connectivity index (χ1) is 12.8. The molecule has 3 heterocycles. The molecule has 0 spiro atoms. The Labute approximate surface area is 159 Å². The second-order valence-corrected chi connectivity index (χ2v) is 6.64. The normalized spacial score (nSPS) is 26.7. The number of rotatable bonds is 7. The van der Waals surface area contributed by atoms with Gasteiger partial charge in [0.2, 0.25) is 0 Å². The van der Waals surface area contributed by atoms with E-state index in [-0.39, 0.29) is 18.8 Å². The van der Waals surface area contributed by atoms with Gasteiger partial charge in [0, 0.05) is 6.54 Å². The predicted molar refractivity (Wildman–Crippen MR) is 96.4 cm³/mol. The van der Waals surface area contributed by atoms with Crippen molar-refractivity contribution in [2.24, 2.45) is 5.84 Å². The molecule has 13 heteroatoms. The molecule has 1 aliphatic rings. The van der Waals surface area contributed by atoms with Crippen molar-refractivity contribution < 1.29 is 24.9 Å². The van der Waals surface area contributed by atoms with Crippen LogP contribution in [0, 0.1) is 0 Å². The number of fused-ring (bicyclic) bond motifs is 1. The molecular formula is C14H21N7O5S. The van der Waals surface area contributed by atoms with Gasteiger partial charge in [-0.2, -0.15) is 12.6 Å². The smallest absolute Gasteiger partial charge is 0.322 e. The lowest BCUT2D eigenvalue weighted by Crippen LogP contribution is -2.51. The van der Waals surface area contributed by atoms with Gasteiger partial charge >= 0.3 is 5.97 Å². The number of nitrogens with two attached hydrogens (primary N) is 2. The second kappa shape index (κ2) is 7.92. The maximum atomic E-state index is 11.3. The largest absolute Gasteiger partial charge is 0.480 e. The van der Waals surface area contributed by atoms with E-state index in [1.54, 1.807) is 0 Å². The summed E-state index contributed by atoms with van der Waals surface area (Å²) in [6, 6.07) is -0.990. The van der Waals surface area contributed by atoms with E-state index in [1.807, 2.05) is 0 Å². The third-order valence-electron chi connectivity index (χ3n) is 4.48. The number of thiol groups is 1. The number of nitrogen functional groups attached to an aromatic ring is 1. The molecule has 1 aliphatic heterocycles. The van der Waals surface area contributed by atoms with E-state index >= 15 is 0 Å². The number of hydrogen-bond donors (Lipinski definition) is 6. The number of nitrogens with zero attached hydrogens (tertiary/aromatic N) is 5. The number of hydrazine groups is 1. The number of carboxylic acids is 1. The van der Waals surface area contributed by atoms with Gasteiger partial charge < -0.3 is 25.8 Å². The summed E-state index contributed by atoms with van der Waals surface area (Å²) in [6.45, 7) is -0.108. The van der Waals surface area contributed by atoms with E-state index in [4.69, 9.17) is 16.3 Å². The van der Waals surface area contributed by atoms with Crippen LogP contribution in [0.2, 0.25) is 0 Å². The minimum atomic E-state index is -1.30. The Morgan fingerprint density at radius 3 is 2.78 bits per heavy atom.